The van der Waals surface area contributed by atoms with E-state index < -0.39 is 0 Å². The van der Waals surface area contributed by atoms with Gasteiger partial charge < -0.3 is 9.47 Å². The molecule has 1 aliphatic heterocycles. The van der Waals surface area contributed by atoms with E-state index in [1.54, 1.807) is 14.2 Å². The van der Waals surface area contributed by atoms with Gasteiger partial charge in [0.1, 0.15) is 0 Å². The number of allylic oxidation sites excluding steroid dienone is 1. The van der Waals surface area contributed by atoms with Crippen molar-refractivity contribution in [2.24, 2.45) is 0 Å². The number of hydrogen-bond acceptors (Lipinski definition) is 5. The molecule has 0 radical (unpaired) electrons. The predicted molar refractivity (Wildman–Crippen MR) is 120 cm³/mol. The molecule has 0 atom stereocenters. The molecule has 0 saturated carbocycles. The van der Waals surface area contributed by atoms with E-state index in [9.17, 15) is 0 Å². The van der Waals surface area contributed by atoms with Crippen molar-refractivity contribution in [3.05, 3.63) is 71.0 Å². The number of benzene rings is 2. The van der Waals surface area contributed by atoms with Crippen LogP contribution in [0.1, 0.15) is 11.1 Å². The zero-order chi connectivity index (χ0) is 21.1. The van der Waals surface area contributed by atoms with Gasteiger partial charge in [0, 0.05) is 25.2 Å². The van der Waals surface area contributed by atoms with Crippen LogP contribution in [-0.4, -0.2) is 40.0 Å². The lowest BCUT2D eigenvalue weighted by Crippen LogP contribution is -2.33. The van der Waals surface area contributed by atoms with Gasteiger partial charge >= 0.3 is 0 Å². The van der Waals surface area contributed by atoms with Gasteiger partial charge in [0.15, 0.2) is 22.1 Å². The number of ether oxygens (including phenoxy) is 2. The number of fused-ring (bicyclic) bond motifs is 1. The number of nitrogens with zero attached hydrogens (tertiary/aromatic N) is 4. The molecule has 1 aliphatic rings. The first-order valence-electron chi connectivity index (χ1n) is 9.94. The lowest BCUT2D eigenvalue weighted by Gasteiger charge is -2.29. The van der Waals surface area contributed by atoms with Gasteiger partial charge in [-0.1, -0.05) is 36.4 Å². The fraction of sp³-hybridized carbons (Fsp3) is 0.304. The zero-order valence-corrected chi connectivity index (χ0v) is 18.2. The molecule has 0 unspecified atom stereocenters. The molecule has 0 fully saturated rings. The Kier molecular flexibility index (Phi) is 6.01. The Morgan fingerprint density at radius 3 is 2.47 bits per heavy atom. The minimum absolute atomic E-state index is 0.628. The standard InChI is InChI=1S/C23H26N4O2S/c1-4-11-26-22(17-8-6-5-7-9-17)24-27(23(26)30)16-25-12-10-18-13-20(28-2)21(29-3)14-19(18)15-25/h4-9,13-14H,1,10-12,15-16H2,2-3H3. The SMILES string of the molecule is C=CCn1c(-c2ccccc2)nn(CN2CCc3cc(OC)c(OC)cc3C2)c1=S. The Labute approximate surface area is 182 Å². The molecule has 7 heteroatoms. The highest BCUT2D eigenvalue weighted by atomic mass is 32.1. The van der Waals surface area contributed by atoms with Crippen molar-refractivity contribution >= 4 is 12.2 Å². The Morgan fingerprint density at radius 2 is 1.80 bits per heavy atom. The second kappa shape index (κ2) is 8.85. The number of aromatic nitrogens is 3. The van der Waals surface area contributed by atoms with Gasteiger partial charge in [-0.25, -0.2) is 4.68 Å². The molecule has 0 saturated heterocycles. The second-order valence-electron chi connectivity index (χ2n) is 7.29. The molecule has 2 aromatic carbocycles. The summed E-state index contributed by atoms with van der Waals surface area (Å²) in [5.41, 5.74) is 3.60. The van der Waals surface area contributed by atoms with Crippen LogP contribution in [0.4, 0.5) is 0 Å². The van der Waals surface area contributed by atoms with E-state index in [0.717, 1.165) is 42.4 Å². The Morgan fingerprint density at radius 1 is 1.10 bits per heavy atom. The highest BCUT2D eigenvalue weighted by molar-refractivity contribution is 7.71. The lowest BCUT2D eigenvalue weighted by molar-refractivity contribution is 0.187. The van der Waals surface area contributed by atoms with Crippen molar-refractivity contribution in [1.82, 2.24) is 19.2 Å². The summed E-state index contributed by atoms with van der Waals surface area (Å²) in [6, 6.07) is 14.3. The minimum Gasteiger partial charge on any atom is -0.493 e. The van der Waals surface area contributed by atoms with Crippen molar-refractivity contribution in [3.8, 4) is 22.9 Å². The molecule has 4 rings (SSSR count). The van der Waals surface area contributed by atoms with Gasteiger partial charge in [0.25, 0.3) is 0 Å². The van der Waals surface area contributed by atoms with E-state index in [-0.39, 0.29) is 0 Å². The summed E-state index contributed by atoms with van der Waals surface area (Å²) >= 11 is 5.75. The number of methoxy groups -OCH3 is 2. The Bertz CT molecular complexity index is 1100. The fourth-order valence-electron chi connectivity index (χ4n) is 3.88. The van der Waals surface area contributed by atoms with Crippen LogP contribution in [0.3, 0.4) is 0 Å². The molecule has 0 amide bonds. The van der Waals surface area contributed by atoms with Gasteiger partial charge in [0.05, 0.1) is 20.9 Å². The highest BCUT2D eigenvalue weighted by Gasteiger charge is 2.21. The summed E-state index contributed by atoms with van der Waals surface area (Å²) in [5, 5.41) is 4.85. The monoisotopic (exact) mass is 422 g/mol. The van der Waals surface area contributed by atoms with E-state index >= 15 is 0 Å². The van der Waals surface area contributed by atoms with Gasteiger partial charge in [-0.2, -0.15) is 5.10 Å². The summed E-state index contributed by atoms with van der Waals surface area (Å²) in [7, 11) is 3.34. The summed E-state index contributed by atoms with van der Waals surface area (Å²) in [6.45, 7) is 6.88. The first-order valence-corrected chi connectivity index (χ1v) is 10.4. The van der Waals surface area contributed by atoms with Crippen LogP contribution in [0.2, 0.25) is 0 Å². The number of hydrogen-bond donors (Lipinski definition) is 0. The Hall–Kier alpha value is -2.90. The summed E-state index contributed by atoms with van der Waals surface area (Å²) in [6.07, 6.45) is 2.80. The maximum absolute atomic E-state index is 5.75. The van der Waals surface area contributed by atoms with Crippen LogP contribution < -0.4 is 9.47 Å². The van der Waals surface area contributed by atoms with E-state index in [2.05, 4.69) is 35.7 Å². The molecule has 0 spiro atoms. The second-order valence-corrected chi connectivity index (χ2v) is 7.66. The minimum atomic E-state index is 0.628. The average Bonchev–Trinajstić information content (AvgIpc) is 3.09. The van der Waals surface area contributed by atoms with Gasteiger partial charge in [-0.05, 0) is 41.9 Å². The molecule has 0 N–H and O–H groups in total. The van der Waals surface area contributed by atoms with E-state index in [1.807, 2.05) is 33.5 Å². The quantitative estimate of drug-likeness (QED) is 0.420. The van der Waals surface area contributed by atoms with Gasteiger partial charge in [-0.15, -0.1) is 6.58 Å². The molecule has 0 aliphatic carbocycles. The molecule has 6 nitrogen and oxygen atoms in total. The van der Waals surface area contributed by atoms with Crippen LogP contribution in [0.25, 0.3) is 11.4 Å². The van der Waals surface area contributed by atoms with E-state index in [0.29, 0.717) is 18.0 Å². The highest BCUT2D eigenvalue weighted by Crippen LogP contribution is 2.33. The summed E-state index contributed by atoms with van der Waals surface area (Å²) < 4.78 is 15.6. The smallest absolute Gasteiger partial charge is 0.199 e. The number of rotatable bonds is 7. The molecule has 30 heavy (non-hydrogen) atoms. The molecule has 2 heterocycles. The molecular weight excluding hydrogens is 396 g/mol. The zero-order valence-electron chi connectivity index (χ0n) is 17.4. The van der Waals surface area contributed by atoms with Gasteiger partial charge in [0.2, 0.25) is 0 Å². The molecule has 3 aromatic rings. The van der Waals surface area contributed by atoms with Crippen LogP contribution in [0, 0.1) is 4.77 Å². The maximum atomic E-state index is 5.75. The molecular formula is C23H26N4O2S. The van der Waals surface area contributed by atoms with Crippen molar-refractivity contribution in [3.63, 3.8) is 0 Å². The summed E-state index contributed by atoms with van der Waals surface area (Å²) in [4.78, 5) is 2.35. The predicted octanol–water partition coefficient (Wildman–Crippen LogP) is 4.30. The third kappa shape index (κ3) is 3.91. The van der Waals surface area contributed by atoms with Crippen molar-refractivity contribution in [2.75, 3.05) is 20.8 Å². The normalized spacial score (nSPS) is 13.7. The van der Waals surface area contributed by atoms with Crippen molar-refractivity contribution in [2.45, 2.75) is 26.2 Å². The summed E-state index contributed by atoms with van der Waals surface area (Å²) in [5.74, 6) is 2.41. The first kappa shape index (κ1) is 20.4. The fourth-order valence-corrected chi connectivity index (χ4v) is 4.14. The lowest BCUT2D eigenvalue weighted by atomic mass is 9.99. The molecule has 1 aromatic heterocycles. The van der Waals surface area contributed by atoms with E-state index in [4.69, 9.17) is 26.8 Å². The Balaban J connectivity index is 1.61. The van der Waals surface area contributed by atoms with Crippen LogP contribution in [-0.2, 0) is 26.2 Å². The van der Waals surface area contributed by atoms with Crippen LogP contribution >= 0.6 is 12.2 Å². The third-order valence-electron chi connectivity index (χ3n) is 5.40. The third-order valence-corrected chi connectivity index (χ3v) is 5.83. The van der Waals surface area contributed by atoms with E-state index in [1.165, 1.54) is 11.1 Å². The topological polar surface area (TPSA) is 44.5 Å². The van der Waals surface area contributed by atoms with Gasteiger partial charge in [-0.3, -0.25) is 9.47 Å². The average molecular weight is 423 g/mol. The van der Waals surface area contributed by atoms with Crippen molar-refractivity contribution < 1.29 is 9.47 Å². The van der Waals surface area contributed by atoms with Crippen LogP contribution in [0.15, 0.2) is 55.1 Å². The largest absolute Gasteiger partial charge is 0.493 e. The molecule has 156 valence electrons. The maximum Gasteiger partial charge on any atom is 0.199 e. The first-order chi connectivity index (χ1) is 14.6. The molecule has 0 bridgehead atoms. The van der Waals surface area contributed by atoms with Crippen LogP contribution in [0.5, 0.6) is 11.5 Å². The van der Waals surface area contributed by atoms with Crippen molar-refractivity contribution in [1.29, 1.82) is 0 Å².